The molecular weight excluding hydrogens is 244 g/mol. The van der Waals surface area contributed by atoms with Crippen molar-refractivity contribution in [3.05, 3.63) is 29.8 Å². The first-order chi connectivity index (χ1) is 8.54. The summed E-state index contributed by atoms with van der Waals surface area (Å²) in [7, 11) is 0. The summed E-state index contributed by atoms with van der Waals surface area (Å²) >= 11 is 1.96. The van der Waals surface area contributed by atoms with E-state index in [0.29, 0.717) is 16.9 Å². The maximum atomic E-state index is 12.2. The number of hydrogen-bond acceptors (Lipinski definition) is 3. The molecule has 2 rings (SSSR count). The van der Waals surface area contributed by atoms with Gasteiger partial charge in [0.2, 0.25) is 5.91 Å². The van der Waals surface area contributed by atoms with Gasteiger partial charge in [-0.15, -0.1) is 0 Å². The minimum atomic E-state index is 0.208. The van der Waals surface area contributed by atoms with Gasteiger partial charge in [-0.1, -0.05) is 26.0 Å². The van der Waals surface area contributed by atoms with Gasteiger partial charge < -0.3 is 10.6 Å². The van der Waals surface area contributed by atoms with Gasteiger partial charge >= 0.3 is 0 Å². The molecule has 18 heavy (non-hydrogen) atoms. The van der Waals surface area contributed by atoms with Crippen molar-refractivity contribution in [2.24, 2.45) is 0 Å². The van der Waals surface area contributed by atoms with Crippen LogP contribution in [0.5, 0.6) is 0 Å². The van der Waals surface area contributed by atoms with Gasteiger partial charge in [-0.3, -0.25) is 4.79 Å². The predicted octanol–water partition coefficient (Wildman–Crippen LogP) is 2.16. The number of nitrogens with two attached hydrogens (primary N) is 1. The summed E-state index contributed by atoms with van der Waals surface area (Å²) in [5, 5.41) is 1.05. The lowest BCUT2D eigenvalue weighted by atomic mass is 10.1. The Morgan fingerprint density at radius 1 is 1.39 bits per heavy atom. The summed E-state index contributed by atoms with van der Waals surface area (Å²) in [6.07, 6.45) is 0.454. The minimum Gasteiger partial charge on any atom is -0.399 e. The molecule has 1 aromatic carbocycles. The highest BCUT2D eigenvalue weighted by molar-refractivity contribution is 8.00. The van der Waals surface area contributed by atoms with Crippen LogP contribution in [0.1, 0.15) is 19.4 Å². The van der Waals surface area contributed by atoms with Crippen molar-refractivity contribution in [1.29, 1.82) is 0 Å². The van der Waals surface area contributed by atoms with Crippen LogP contribution in [0.15, 0.2) is 24.3 Å². The number of anilines is 1. The molecule has 2 atom stereocenters. The first kappa shape index (κ1) is 13.3. The zero-order chi connectivity index (χ0) is 13.1. The maximum absolute atomic E-state index is 12.2. The summed E-state index contributed by atoms with van der Waals surface area (Å²) in [4.78, 5) is 14.2. The van der Waals surface area contributed by atoms with E-state index in [1.54, 1.807) is 0 Å². The first-order valence-corrected chi connectivity index (χ1v) is 7.26. The summed E-state index contributed by atoms with van der Waals surface area (Å²) in [6.45, 7) is 6.08. The lowest BCUT2D eigenvalue weighted by Crippen LogP contribution is -2.44. The molecule has 1 saturated heterocycles. The third-order valence-corrected chi connectivity index (χ3v) is 4.31. The van der Waals surface area contributed by atoms with Crippen LogP contribution in [0.3, 0.4) is 0 Å². The zero-order valence-electron chi connectivity index (χ0n) is 10.9. The SMILES string of the molecule is CC1CN(C(=O)Cc2cccc(N)c2)CC(C)S1. The van der Waals surface area contributed by atoms with Crippen molar-refractivity contribution in [2.75, 3.05) is 18.8 Å². The number of carbonyl (C=O) groups excluding carboxylic acids is 1. The quantitative estimate of drug-likeness (QED) is 0.833. The summed E-state index contributed by atoms with van der Waals surface area (Å²) in [6, 6.07) is 7.58. The number of thioether (sulfide) groups is 1. The number of rotatable bonds is 2. The topological polar surface area (TPSA) is 46.3 Å². The van der Waals surface area contributed by atoms with Crippen molar-refractivity contribution in [2.45, 2.75) is 30.8 Å². The molecule has 1 aliphatic rings. The van der Waals surface area contributed by atoms with Crippen LogP contribution >= 0.6 is 11.8 Å². The Kier molecular flexibility index (Phi) is 4.17. The lowest BCUT2D eigenvalue weighted by molar-refractivity contribution is -0.130. The smallest absolute Gasteiger partial charge is 0.227 e. The molecule has 2 N–H and O–H groups in total. The number of amides is 1. The van der Waals surface area contributed by atoms with Crippen LogP contribution in [0.25, 0.3) is 0 Å². The molecule has 0 radical (unpaired) electrons. The largest absolute Gasteiger partial charge is 0.399 e. The van der Waals surface area contributed by atoms with Crippen LogP contribution in [0.2, 0.25) is 0 Å². The van der Waals surface area contributed by atoms with E-state index < -0.39 is 0 Å². The van der Waals surface area contributed by atoms with Gasteiger partial charge in [-0.25, -0.2) is 0 Å². The molecule has 3 nitrogen and oxygen atoms in total. The normalized spacial score (nSPS) is 24.0. The van der Waals surface area contributed by atoms with Crippen molar-refractivity contribution < 1.29 is 4.79 Å². The first-order valence-electron chi connectivity index (χ1n) is 6.32. The Labute approximate surface area is 113 Å². The Balaban J connectivity index is 1.99. The number of hydrogen-bond donors (Lipinski definition) is 1. The van der Waals surface area contributed by atoms with Gasteiger partial charge in [-0.2, -0.15) is 11.8 Å². The molecule has 0 bridgehead atoms. The van der Waals surface area contributed by atoms with E-state index in [-0.39, 0.29) is 5.91 Å². The summed E-state index contributed by atoms with van der Waals surface area (Å²) < 4.78 is 0. The summed E-state index contributed by atoms with van der Waals surface area (Å²) in [5.41, 5.74) is 7.45. The van der Waals surface area contributed by atoms with E-state index in [0.717, 1.165) is 24.3 Å². The van der Waals surface area contributed by atoms with E-state index in [2.05, 4.69) is 13.8 Å². The molecule has 1 aromatic rings. The van der Waals surface area contributed by atoms with Gasteiger partial charge in [0.15, 0.2) is 0 Å². The zero-order valence-corrected chi connectivity index (χ0v) is 11.7. The number of nitrogen functional groups attached to an aromatic ring is 1. The highest BCUT2D eigenvalue weighted by Crippen LogP contribution is 2.25. The second-order valence-electron chi connectivity index (χ2n) is 4.98. The van der Waals surface area contributed by atoms with Crippen LogP contribution < -0.4 is 5.73 Å². The minimum absolute atomic E-state index is 0.208. The molecule has 0 aliphatic carbocycles. The lowest BCUT2D eigenvalue weighted by Gasteiger charge is -2.34. The van der Waals surface area contributed by atoms with E-state index in [9.17, 15) is 4.79 Å². The second kappa shape index (κ2) is 5.65. The molecule has 1 fully saturated rings. The Bertz CT molecular complexity index is 426. The maximum Gasteiger partial charge on any atom is 0.227 e. The van der Waals surface area contributed by atoms with Crippen LogP contribution in [0, 0.1) is 0 Å². The fraction of sp³-hybridized carbons (Fsp3) is 0.500. The molecule has 0 saturated carbocycles. The highest BCUT2D eigenvalue weighted by atomic mass is 32.2. The van der Waals surface area contributed by atoms with Gasteiger partial charge in [0, 0.05) is 29.3 Å². The van der Waals surface area contributed by atoms with Crippen LogP contribution in [0.4, 0.5) is 5.69 Å². The molecule has 1 amide bonds. The Morgan fingerprint density at radius 3 is 2.67 bits per heavy atom. The number of nitrogens with zero attached hydrogens (tertiary/aromatic N) is 1. The molecule has 2 unspecified atom stereocenters. The highest BCUT2D eigenvalue weighted by Gasteiger charge is 2.25. The van der Waals surface area contributed by atoms with Crippen molar-refractivity contribution >= 4 is 23.4 Å². The molecule has 1 aliphatic heterocycles. The molecule has 4 heteroatoms. The Morgan fingerprint density at radius 2 is 2.06 bits per heavy atom. The molecule has 0 spiro atoms. The Hall–Kier alpha value is -1.16. The van der Waals surface area contributed by atoms with E-state index >= 15 is 0 Å². The van der Waals surface area contributed by atoms with Gasteiger partial charge in [-0.05, 0) is 17.7 Å². The molecular formula is C14H20N2OS. The average Bonchev–Trinajstić information content (AvgIpc) is 2.27. The average molecular weight is 264 g/mol. The summed E-state index contributed by atoms with van der Waals surface area (Å²) in [5.74, 6) is 0.208. The van der Waals surface area contributed by atoms with Crippen LogP contribution in [-0.2, 0) is 11.2 Å². The fourth-order valence-corrected chi connectivity index (χ4v) is 3.70. The van der Waals surface area contributed by atoms with E-state index in [1.165, 1.54) is 0 Å². The molecule has 0 aromatic heterocycles. The van der Waals surface area contributed by atoms with Crippen molar-refractivity contribution in [3.63, 3.8) is 0 Å². The molecule has 1 heterocycles. The van der Waals surface area contributed by atoms with Gasteiger partial charge in [0.05, 0.1) is 6.42 Å². The monoisotopic (exact) mass is 264 g/mol. The van der Waals surface area contributed by atoms with Crippen molar-refractivity contribution in [1.82, 2.24) is 4.90 Å². The van der Waals surface area contributed by atoms with E-state index in [4.69, 9.17) is 5.73 Å². The van der Waals surface area contributed by atoms with Crippen LogP contribution in [-0.4, -0.2) is 34.4 Å². The second-order valence-corrected chi connectivity index (χ2v) is 6.86. The fourth-order valence-electron chi connectivity index (χ4n) is 2.37. The van der Waals surface area contributed by atoms with Gasteiger partial charge in [0.25, 0.3) is 0 Å². The third kappa shape index (κ3) is 3.42. The van der Waals surface area contributed by atoms with Crippen molar-refractivity contribution in [3.8, 4) is 0 Å². The van der Waals surface area contributed by atoms with E-state index in [1.807, 2.05) is 40.9 Å². The van der Waals surface area contributed by atoms with Gasteiger partial charge in [0.1, 0.15) is 0 Å². The number of benzene rings is 1. The third-order valence-electron chi connectivity index (χ3n) is 3.08. The molecule has 98 valence electrons. The standard InChI is InChI=1S/C14H20N2OS/c1-10-8-16(9-11(2)18-10)14(17)7-12-4-3-5-13(15)6-12/h3-6,10-11H,7-9,15H2,1-2H3. The predicted molar refractivity (Wildman–Crippen MR) is 77.7 cm³/mol. The number of carbonyl (C=O) groups is 1.